The van der Waals surface area contributed by atoms with Crippen molar-refractivity contribution in [3.05, 3.63) is 40.0 Å². The quantitative estimate of drug-likeness (QED) is 0.523. The first-order valence-corrected chi connectivity index (χ1v) is 7.22. The number of anilines is 1. The number of rotatable bonds is 6. The van der Waals surface area contributed by atoms with Crippen LogP contribution < -0.4 is 10.9 Å². The van der Waals surface area contributed by atoms with Gasteiger partial charge in [0.1, 0.15) is 0 Å². The lowest BCUT2D eigenvalue weighted by molar-refractivity contribution is 0.681. The van der Waals surface area contributed by atoms with Crippen LogP contribution in [0.2, 0.25) is 0 Å². The molecular formula is C15H22BrN3. The standard InChI is InChI=1S/C15H22BrN3/c1-10(2)9-15(17)11(3)12(4)18-19-14-7-5-13(16)6-8-14/h5-8,10,17-19H,9H2,1-4H3. The highest BCUT2D eigenvalue weighted by atomic mass is 79.9. The van der Waals surface area contributed by atoms with Gasteiger partial charge in [0.25, 0.3) is 0 Å². The summed E-state index contributed by atoms with van der Waals surface area (Å²) in [5.74, 6) is 0.509. The minimum Gasteiger partial charge on any atom is -0.305 e. The fraction of sp³-hybridized carbons (Fsp3) is 0.400. The Labute approximate surface area is 124 Å². The van der Waals surface area contributed by atoms with Crippen molar-refractivity contribution in [3.8, 4) is 0 Å². The van der Waals surface area contributed by atoms with Crippen molar-refractivity contribution in [1.29, 1.82) is 5.41 Å². The molecule has 0 saturated heterocycles. The van der Waals surface area contributed by atoms with E-state index in [0.717, 1.165) is 27.9 Å². The second-order valence-electron chi connectivity index (χ2n) is 5.08. The second-order valence-corrected chi connectivity index (χ2v) is 6.00. The zero-order valence-corrected chi connectivity index (χ0v) is 13.6. The fourth-order valence-corrected chi connectivity index (χ4v) is 1.84. The summed E-state index contributed by atoms with van der Waals surface area (Å²) in [6.45, 7) is 8.22. The Bertz CT molecular complexity index is 461. The average molecular weight is 324 g/mol. The van der Waals surface area contributed by atoms with Crippen LogP contribution in [0.15, 0.2) is 40.0 Å². The van der Waals surface area contributed by atoms with Crippen LogP contribution in [-0.2, 0) is 0 Å². The van der Waals surface area contributed by atoms with Gasteiger partial charge in [-0.15, -0.1) is 0 Å². The van der Waals surface area contributed by atoms with Crippen LogP contribution in [0.4, 0.5) is 5.69 Å². The highest BCUT2D eigenvalue weighted by Gasteiger charge is 2.06. The predicted octanol–water partition coefficient (Wildman–Crippen LogP) is 4.73. The van der Waals surface area contributed by atoms with E-state index in [1.807, 2.05) is 38.1 Å². The number of allylic oxidation sites excluding steroid dienone is 2. The average Bonchev–Trinajstić information content (AvgIpc) is 2.36. The summed E-state index contributed by atoms with van der Waals surface area (Å²) in [6, 6.07) is 7.94. The molecule has 0 saturated carbocycles. The molecule has 19 heavy (non-hydrogen) atoms. The van der Waals surface area contributed by atoms with Crippen molar-refractivity contribution >= 4 is 27.3 Å². The normalized spacial score (nSPS) is 12.1. The largest absolute Gasteiger partial charge is 0.305 e. The Morgan fingerprint density at radius 1 is 1.21 bits per heavy atom. The SMILES string of the molecule is CC(NNc1ccc(Br)cc1)=C(C)C(=N)CC(C)C. The van der Waals surface area contributed by atoms with Crippen molar-refractivity contribution in [3.63, 3.8) is 0 Å². The van der Waals surface area contributed by atoms with E-state index >= 15 is 0 Å². The van der Waals surface area contributed by atoms with Gasteiger partial charge in [-0.3, -0.25) is 0 Å². The van der Waals surface area contributed by atoms with Crippen molar-refractivity contribution in [1.82, 2.24) is 5.43 Å². The number of benzene rings is 1. The van der Waals surface area contributed by atoms with Gasteiger partial charge in [0.05, 0.1) is 5.69 Å². The number of hydrogen-bond acceptors (Lipinski definition) is 3. The first-order chi connectivity index (χ1) is 8.90. The molecule has 0 aliphatic rings. The Morgan fingerprint density at radius 3 is 2.32 bits per heavy atom. The van der Waals surface area contributed by atoms with Crippen LogP contribution >= 0.6 is 15.9 Å². The molecule has 1 aromatic carbocycles. The van der Waals surface area contributed by atoms with Crippen molar-refractivity contribution < 1.29 is 0 Å². The second kappa shape index (κ2) is 7.34. The molecule has 0 heterocycles. The van der Waals surface area contributed by atoms with Crippen molar-refractivity contribution in [2.24, 2.45) is 5.92 Å². The van der Waals surface area contributed by atoms with E-state index in [1.54, 1.807) is 0 Å². The topological polar surface area (TPSA) is 47.9 Å². The van der Waals surface area contributed by atoms with Crippen LogP contribution in [0.5, 0.6) is 0 Å². The van der Waals surface area contributed by atoms with E-state index in [4.69, 9.17) is 5.41 Å². The van der Waals surface area contributed by atoms with E-state index in [2.05, 4.69) is 40.6 Å². The molecule has 0 bridgehead atoms. The summed E-state index contributed by atoms with van der Waals surface area (Å²) in [5, 5.41) is 8.03. The Kier molecular flexibility index (Phi) is 6.09. The van der Waals surface area contributed by atoms with Crippen molar-refractivity contribution in [2.75, 3.05) is 5.43 Å². The van der Waals surface area contributed by atoms with E-state index in [-0.39, 0.29) is 0 Å². The van der Waals surface area contributed by atoms with E-state index in [0.29, 0.717) is 11.6 Å². The third-order valence-corrected chi connectivity index (χ3v) is 3.39. The summed E-state index contributed by atoms with van der Waals surface area (Å²) in [7, 11) is 0. The van der Waals surface area contributed by atoms with Gasteiger partial charge in [-0.25, -0.2) is 0 Å². The number of hydrazine groups is 1. The van der Waals surface area contributed by atoms with Gasteiger partial charge >= 0.3 is 0 Å². The monoisotopic (exact) mass is 323 g/mol. The Balaban J connectivity index is 2.60. The van der Waals surface area contributed by atoms with Crippen LogP contribution in [0.1, 0.15) is 34.1 Å². The summed E-state index contributed by atoms with van der Waals surface area (Å²) in [5.41, 5.74) is 9.94. The molecule has 0 aromatic heterocycles. The zero-order chi connectivity index (χ0) is 14.4. The number of nitrogens with one attached hydrogen (secondary N) is 3. The van der Waals surface area contributed by atoms with Crippen LogP contribution in [-0.4, -0.2) is 5.71 Å². The molecule has 0 unspecified atom stereocenters. The molecule has 3 N–H and O–H groups in total. The molecule has 1 aromatic rings. The minimum absolute atomic E-state index is 0.509. The maximum atomic E-state index is 8.03. The minimum atomic E-state index is 0.509. The van der Waals surface area contributed by atoms with Gasteiger partial charge in [0.15, 0.2) is 0 Å². The molecule has 0 spiro atoms. The summed E-state index contributed by atoms with van der Waals surface area (Å²) < 4.78 is 1.06. The molecule has 0 amide bonds. The fourth-order valence-electron chi connectivity index (χ4n) is 1.58. The van der Waals surface area contributed by atoms with Crippen LogP contribution in [0.3, 0.4) is 0 Å². The van der Waals surface area contributed by atoms with Gasteiger partial charge in [0, 0.05) is 15.9 Å². The maximum Gasteiger partial charge on any atom is 0.0540 e. The molecule has 0 atom stereocenters. The lowest BCUT2D eigenvalue weighted by atomic mass is 10.0. The third-order valence-electron chi connectivity index (χ3n) is 2.87. The third kappa shape index (κ3) is 5.47. The van der Waals surface area contributed by atoms with E-state index in [1.165, 1.54) is 0 Å². The number of halogens is 1. The molecule has 0 fully saturated rings. The molecular weight excluding hydrogens is 302 g/mol. The summed E-state index contributed by atoms with van der Waals surface area (Å²) in [6.07, 6.45) is 0.809. The molecule has 1 rings (SSSR count). The zero-order valence-electron chi connectivity index (χ0n) is 12.0. The predicted molar refractivity (Wildman–Crippen MR) is 86.5 cm³/mol. The lowest BCUT2D eigenvalue weighted by Crippen LogP contribution is -2.22. The maximum absolute atomic E-state index is 8.03. The summed E-state index contributed by atoms with van der Waals surface area (Å²) >= 11 is 3.40. The van der Waals surface area contributed by atoms with E-state index < -0.39 is 0 Å². The van der Waals surface area contributed by atoms with E-state index in [9.17, 15) is 0 Å². The molecule has 3 nitrogen and oxygen atoms in total. The van der Waals surface area contributed by atoms with Crippen molar-refractivity contribution in [2.45, 2.75) is 34.1 Å². The lowest BCUT2D eigenvalue weighted by Gasteiger charge is -2.15. The first kappa shape index (κ1) is 15.8. The molecule has 0 radical (unpaired) electrons. The van der Waals surface area contributed by atoms with Gasteiger partial charge in [-0.2, -0.15) is 0 Å². The Hall–Kier alpha value is -1.29. The molecule has 0 aliphatic carbocycles. The van der Waals surface area contributed by atoms with Crippen LogP contribution in [0.25, 0.3) is 0 Å². The highest BCUT2D eigenvalue weighted by molar-refractivity contribution is 9.10. The molecule has 0 aliphatic heterocycles. The number of hydrogen-bond donors (Lipinski definition) is 3. The summed E-state index contributed by atoms with van der Waals surface area (Å²) in [4.78, 5) is 0. The van der Waals surface area contributed by atoms with Gasteiger partial charge in [-0.05, 0) is 56.0 Å². The molecule has 4 heteroatoms. The van der Waals surface area contributed by atoms with Gasteiger partial charge in [0.2, 0.25) is 0 Å². The van der Waals surface area contributed by atoms with Gasteiger partial charge in [-0.1, -0.05) is 29.8 Å². The highest BCUT2D eigenvalue weighted by Crippen LogP contribution is 2.14. The first-order valence-electron chi connectivity index (χ1n) is 6.43. The Morgan fingerprint density at radius 2 is 1.79 bits per heavy atom. The molecule has 104 valence electrons. The van der Waals surface area contributed by atoms with Crippen LogP contribution in [0, 0.1) is 11.3 Å². The smallest absolute Gasteiger partial charge is 0.0540 e. The van der Waals surface area contributed by atoms with Gasteiger partial charge < -0.3 is 16.3 Å².